The molecule has 0 aliphatic carbocycles. The lowest BCUT2D eigenvalue weighted by atomic mass is 9.85. The first-order chi connectivity index (χ1) is 16.3. The van der Waals surface area contributed by atoms with Crippen LogP contribution in [-0.2, 0) is 0 Å². The van der Waals surface area contributed by atoms with Crippen LogP contribution in [0.4, 0.5) is 5.69 Å². The van der Waals surface area contributed by atoms with Crippen LogP contribution in [0.1, 0.15) is 42.5 Å². The fraction of sp³-hybridized carbons (Fsp3) is 0.357. The van der Waals surface area contributed by atoms with E-state index in [0.29, 0.717) is 11.5 Å². The zero-order chi connectivity index (χ0) is 22.5. The molecule has 170 valence electrons. The van der Waals surface area contributed by atoms with Gasteiger partial charge in [-0.25, -0.2) is 4.98 Å². The summed E-state index contributed by atoms with van der Waals surface area (Å²) in [6.07, 6.45) is 8.45. The van der Waals surface area contributed by atoms with E-state index < -0.39 is 0 Å². The maximum atomic E-state index is 13.0. The Morgan fingerprint density at radius 1 is 0.909 bits per heavy atom. The number of hydrogen-bond donors (Lipinski definition) is 1. The van der Waals surface area contributed by atoms with Gasteiger partial charge < -0.3 is 10.2 Å². The topological polar surface area (TPSA) is 45.2 Å². The number of thioether (sulfide) groups is 1. The minimum atomic E-state index is -0.0967. The molecule has 5 rings (SSSR count). The van der Waals surface area contributed by atoms with Gasteiger partial charge in [-0.2, -0.15) is 0 Å². The van der Waals surface area contributed by atoms with Crippen LogP contribution in [0.3, 0.4) is 0 Å². The number of fused-ring (bicyclic) bond motifs is 1. The number of benzene rings is 2. The van der Waals surface area contributed by atoms with Gasteiger partial charge in [-0.1, -0.05) is 48.9 Å². The Balaban J connectivity index is 1.24. The van der Waals surface area contributed by atoms with Crippen LogP contribution in [0, 0.1) is 5.92 Å². The lowest BCUT2D eigenvalue weighted by molar-refractivity contribution is 0.0693. The number of anilines is 1. The lowest BCUT2D eigenvalue weighted by Crippen LogP contribution is -2.48. The third-order valence-corrected chi connectivity index (χ3v) is 8.13. The Morgan fingerprint density at radius 3 is 2.55 bits per heavy atom. The van der Waals surface area contributed by atoms with Crippen LogP contribution < -0.4 is 5.32 Å². The first kappa shape index (κ1) is 22.2. The zero-order valence-electron chi connectivity index (χ0n) is 19.0. The van der Waals surface area contributed by atoms with Gasteiger partial charge in [0.15, 0.2) is 0 Å². The monoisotopic (exact) mass is 457 g/mol. The molecule has 3 aromatic rings. The Hall–Kier alpha value is -2.63. The molecule has 2 aromatic carbocycles. The number of nitrogens with zero attached hydrogens (tertiary/aromatic N) is 2. The molecule has 2 aliphatic heterocycles. The highest BCUT2D eigenvalue weighted by molar-refractivity contribution is 7.99. The number of carbonyl (C=O) groups excluding carboxylic acids is 1. The van der Waals surface area contributed by atoms with E-state index in [9.17, 15) is 4.79 Å². The van der Waals surface area contributed by atoms with Crippen LogP contribution in [0.15, 0.2) is 78.0 Å². The summed E-state index contributed by atoms with van der Waals surface area (Å²) in [7, 11) is 0. The molecule has 2 unspecified atom stereocenters. The van der Waals surface area contributed by atoms with Crippen molar-refractivity contribution in [3.05, 3.63) is 78.5 Å². The van der Waals surface area contributed by atoms with Gasteiger partial charge >= 0.3 is 0 Å². The van der Waals surface area contributed by atoms with Gasteiger partial charge in [0.2, 0.25) is 0 Å². The number of nitrogens with one attached hydrogen (secondary N) is 1. The second-order valence-corrected chi connectivity index (χ2v) is 10.1. The van der Waals surface area contributed by atoms with Crippen molar-refractivity contribution in [2.24, 2.45) is 5.92 Å². The van der Waals surface area contributed by atoms with Gasteiger partial charge in [0.05, 0.1) is 5.69 Å². The summed E-state index contributed by atoms with van der Waals surface area (Å²) >= 11 is 1.79. The maximum Gasteiger partial charge on any atom is 0.255 e. The maximum absolute atomic E-state index is 13.0. The molecular weight excluding hydrogens is 426 g/mol. The van der Waals surface area contributed by atoms with Crippen molar-refractivity contribution in [1.29, 1.82) is 0 Å². The fourth-order valence-electron chi connectivity index (χ4n) is 5.20. The van der Waals surface area contributed by atoms with Crippen LogP contribution in [0.2, 0.25) is 0 Å². The molecule has 4 nitrogen and oxygen atoms in total. The highest BCUT2D eigenvalue weighted by Crippen LogP contribution is 2.35. The van der Waals surface area contributed by atoms with Crippen molar-refractivity contribution in [2.45, 2.75) is 43.2 Å². The predicted octanol–water partition coefficient (Wildman–Crippen LogP) is 6.36. The molecule has 0 saturated carbocycles. The Kier molecular flexibility index (Phi) is 7.08. The van der Waals surface area contributed by atoms with Crippen LogP contribution in [0.25, 0.3) is 11.1 Å². The van der Waals surface area contributed by atoms with Crippen molar-refractivity contribution in [3.63, 3.8) is 0 Å². The second-order valence-electron chi connectivity index (χ2n) is 9.07. The van der Waals surface area contributed by atoms with E-state index in [2.05, 4.69) is 27.3 Å². The molecule has 1 aromatic heterocycles. The summed E-state index contributed by atoms with van der Waals surface area (Å²) in [5, 5.41) is 4.01. The fourth-order valence-corrected chi connectivity index (χ4v) is 6.37. The summed E-state index contributed by atoms with van der Waals surface area (Å²) in [5.41, 5.74) is 3.71. The van der Waals surface area contributed by atoms with Gasteiger partial charge in [-0.05, 0) is 80.1 Å². The number of amides is 1. The number of hydrogen-bond acceptors (Lipinski definition) is 4. The summed E-state index contributed by atoms with van der Waals surface area (Å²) in [5.74, 6) is 1.67. The molecule has 2 aliphatic rings. The SMILES string of the molecule is O=C(Nc1cccnc1SCC1CCCN2CCCCC12)c1ccc(-c2ccccc2)cc1. The van der Waals surface area contributed by atoms with E-state index in [1.165, 1.54) is 45.2 Å². The molecule has 0 bridgehead atoms. The second kappa shape index (κ2) is 10.5. The molecule has 1 amide bonds. The van der Waals surface area contributed by atoms with E-state index in [-0.39, 0.29) is 5.91 Å². The molecule has 0 spiro atoms. The van der Waals surface area contributed by atoms with E-state index >= 15 is 0 Å². The number of aromatic nitrogens is 1. The molecular formula is C28H31N3OS. The van der Waals surface area contributed by atoms with Crippen molar-refractivity contribution in [1.82, 2.24) is 9.88 Å². The minimum Gasteiger partial charge on any atom is -0.320 e. The van der Waals surface area contributed by atoms with E-state index in [1.807, 2.05) is 60.8 Å². The predicted molar refractivity (Wildman–Crippen MR) is 137 cm³/mol. The molecule has 1 N–H and O–H groups in total. The van der Waals surface area contributed by atoms with Gasteiger partial charge in [0, 0.05) is 23.6 Å². The lowest BCUT2D eigenvalue weighted by Gasteiger charge is -2.44. The molecule has 2 atom stereocenters. The van der Waals surface area contributed by atoms with E-state index in [1.54, 1.807) is 11.8 Å². The summed E-state index contributed by atoms with van der Waals surface area (Å²) in [4.78, 5) is 20.3. The van der Waals surface area contributed by atoms with Crippen LogP contribution in [-0.4, -0.2) is 40.7 Å². The van der Waals surface area contributed by atoms with Crippen molar-refractivity contribution in [2.75, 3.05) is 24.2 Å². The molecule has 2 fully saturated rings. The number of piperidine rings is 2. The van der Waals surface area contributed by atoms with Gasteiger partial charge in [-0.15, -0.1) is 11.8 Å². The molecule has 3 heterocycles. The van der Waals surface area contributed by atoms with Gasteiger partial charge in [0.1, 0.15) is 5.03 Å². The van der Waals surface area contributed by atoms with E-state index in [4.69, 9.17) is 0 Å². The number of rotatable bonds is 6. The van der Waals surface area contributed by atoms with Gasteiger partial charge in [-0.3, -0.25) is 4.79 Å². The smallest absolute Gasteiger partial charge is 0.255 e. The first-order valence-electron chi connectivity index (χ1n) is 12.1. The number of carbonyl (C=O) groups is 1. The first-order valence-corrected chi connectivity index (χ1v) is 13.1. The third kappa shape index (κ3) is 5.31. The van der Waals surface area contributed by atoms with Crippen LogP contribution >= 0.6 is 11.8 Å². The average molecular weight is 458 g/mol. The Morgan fingerprint density at radius 2 is 1.70 bits per heavy atom. The summed E-state index contributed by atoms with van der Waals surface area (Å²) in [6, 6.07) is 22.6. The normalized spacial score (nSPS) is 20.7. The van der Waals surface area contributed by atoms with Crippen molar-refractivity contribution in [3.8, 4) is 11.1 Å². The zero-order valence-corrected chi connectivity index (χ0v) is 19.8. The third-order valence-electron chi connectivity index (χ3n) is 6.94. The Labute approximate surface area is 200 Å². The standard InChI is InChI=1S/C28H31N3OS/c32-27(23-15-13-22(14-16-23)21-8-2-1-3-9-21)30-25-11-6-17-29-28(25)33-20-24-10-7-19-31-18-5-4-12-26(24)31/h1-3,6,8-9,11,13-17,24,26H,4-5,7,10,12,18-20H2,(H,30,32). The molecule has 2 saturated heterocycles. The largest absolute Gasteiger partial charge is 0.320 e. The highest BCUT2D eigenvalue weighted by Gasteiger charge is 2.33. The highest BCUT2D eigenvalue weighted by atomic mass is 32.2. The van der Waals surface area contributed by atoms with Gasteiger partial charge in [0.25, 0.3) is 5.91 Å². The van der Waals surface area contributed by atoms with E-state index in [0.717, 1.165) is 33.6 Å². The quantitative estimate of drug-likeness (QED) is 0.438. The molecule has 33 heavy (non-hydrogen) atoms. The Bertz CT molecular complexity index is 1070. The average Bonchev–Trinajstić information content (AvgIpc) is 2.89. The molecule has 5 heteroatoms. The molecule has 0 radical (unpaired) electrons. The van der Waals surface area contributed by atoms with Crippen LogP contribution in [0.5, 0.6) is 0 Å². The number of pyridine rings is 1. The van der Waals surface area contributed by atoms with Crippen molar-refractivity contribution < 1.29 is 4.79 Å². The summed E-state index contributed by atoms with van der Waals surface area (Å²) in [6.45, 7) is 2.53. The minimum absolute atomic E-state index is 0.0967. The summed E-state index contributed by atoms with van der Waals surface area (Å²) < 4.78 is 0. The van der Waals surface area contributed by atoms with Crippen molar-refractivity contribution >= 4 is 23.4 Å².